The average Bonchev–Trinajstić information content (AvgIpc) is 2.48. The van der Waals surface area contributed by atoms with Crippen LogP contribution in [0.1, 0.15) is 47.2 Å². The first-order chi connectivity index (χ1) is 7.46. The molecule has 1 heterocycles. The van der Waals surface area contributed by atoms with Gasteiger partial charge in [-0.1, -0.05) is 32.5 Å². The van der Waals surface area contributed by atoms with E-state index >= 15 is 0 Å². The smallest absolute Gasteiger partial charge is 0.141 e. The molecule has 4 N–H and O–H groups in total. The summed E-state index contributed by atoms with van der Waals surface area (Å²) in [6.45, 7) is 12.7. The Balaban J connectivity index is 2.94. The lowest BCUT2D eigenvalue weighted by Gasteiger charge is -2.39. The highest BCUT2D eigenvalue weighted by molar-refractivity contribution is 6.44. The van der Waals surface area contributed by atoms with Crippen LogP contribution in [0.2, 0.25) is 5.31 Å². The van der Waals surface area contributed by atoms with Gasteiger partial charge >= 0.3 is 0 Å². The van der Waals surface area contributed by atoms with Crippen molar-refractivity contribution in [2.24, 2.45) is 0 Å². The Morgan fingerprint density at radius 3 is 2.12 bits per heavy atom. The first kappa shape index (κ1) is 14.0. The van der Waals surface area contributed by atoms with Crippen LogP contribution in [0, 0.1) is 0 Å². The third-order valence-electron chi connectivity index (χ3n) is 3.61. The van der Waals surface area contributed by atoms with Gasteiger partial charge in [0.1, 0.15) is 7.28 Å². The molecule has 1 aromatic heterocycles. The highest BCUT2D eigenvalue weighted by Crippen LogP contribution is 2.39. The van der Waals surface area contributed by atoms with Crippen molar-refractivity contribution in [2.45, 2.75) is 57.7 Å². The minimum Gasteiger partial charge on any atom is -0.411 e. The second-order valence-electron chi connectivity index (χ2n) is 6.50. The molecule has 1 rings (SSSR count). The molecule has 0 spiro atoms. The monoisotopic (exact) mass is 238 g/mol. The second kappa shape index (κ2) is 4.01. The fourth-order valence-corrected chi connectivity index (χ4v) is 1.72. The van der Waals surface area contributed by atoms with Gasteiger partial charge in [0.15, 0.2) is 0 Å². The third-order valence-corrected chi connectivity index (χ3v) is 3.61. The fourth-order valence-electron chi connectivity index (χ4n) is 1.72. The molecule has 95 valence electrons. The van der Waals surface area contributed by atoms with Crippen molar-refractivity contribution >= 4 is 7.28 Å². The van der Waals surface area contributed by atoms with E-state index < -0.39 is 0 Å². The molecule has 0 aliphatic heterocycles. The summed E-state index contributed by atoms with van der Waals surface area (Å²) in [4.78, 5) is 0.743. The highest BCUT2D eigenvalue weighted by Gasteiger charge is 2.43. The lowest BCUT2D eigenvalue weighted by atomic mass is 9.36. The average molecular weight is 238 g/mol. The Kier molecular flexibility index (Phi) is 3.31. The Labute approximate surface area is 104 Å². The molecule has 6 heteroatoms. The molecule has 0 atom stereocenters. The maximum Gasteiger partial charge on any atom is 0.141 e. The molecular formula is C11H23BN4O+. The molecule has 0 bridgehead atoms. The molecule has 0 saturated heterocycles. The van der Waals surface area contributed by atoms with Crippen molar-refractivity contribution in [1.82, 2.24) is 15.2 Å². The maximum absolute atomic E-state index is 9.19. The number of quaternary nitrogens is 1. The van der Waals surface area contributed by atoms with Crippen molar-refractivity contribution in [3.05, 3.63) is 11.9 Å². The zero-order valence-electron chi connectivity index (χ0n) is 11.7. The molecule has 0 fully saturated rings. The van der Waals surface area contributed by atoms with Crippen LogP contribution in [-0.4, -0.2) is 33.2 Å². The standard InChI is InChI=1S/C11H22BN4O/c1-9(2,8-7-16(17)15-14-8)12-10(3,4)11(5,6)13/h7,17H,13H2,1-6H3/p+1. The lowest BCUT2D eigenvalue weighted by molar-refractivity contribution is -0.475. The third kappa shape index (κ3) is 3.00. The molecule has 0 aromatic carbocycles. The van der Waals surface area contributed by atoms with Crippen LogP contribution in [0.5, 0.6) is 0 Å². The normalized spacial score (nSPS) is 13.8. The number of rotatable bonds is 4. The zero-order chi connectivity index (χ0) is 13.5. The van der Waals surface area contributed by atoms with Crippen LogP contribution < -0.4 is 5.73 Å². The van der Waals surface area contributed by atoms with E-state index in [0.717, 1.165) is 10.5 Å². The predicted octanol–water partition coefficient (Wildman–Crippen LogP) is 0.674. The molecule has 1 radical (unpaired) electrons. The molecule has 1 aromatic rings. The summed E-state index contributed by atoms with van der Waals surface area (Å²) >= 11 is 0. The molecule has 5 nitrogen and oxygen atoms in total. The van der Waals surface area contributed by atoms with Gasteiger partial charge in [-0.15, -0.1) is 5.10 Å². The maximum atomic E-state index is 9.19. The van der Waals surface area contributed by atoms with Crippen molar-refractivity contribution in [2.75, 3.05) is 0 Å². The van der Waals surface area contributed by atoms with Crippen LogP contribution in [0.25, 0.3) is 0 Å². The van der Waals surface area contributed by atoms with E-state index in [9.17, 15) is 5.21 Å². The van der Waals surface area contributed by atoms with Gasteiger partial charge < -0.3 is 10.9 Å². The van der Waals surface area contributed by atoms with Gasteiger partial charge in [0.2, 0.25) is 0 Å². The number of nitrogens with zero attached hydrogens (tertiary/aromatic N) is 3. The van der Waals surface area contributed by atoms with Gasteiger partial charge in [0, 0.05) is 0 Å². The Bertz CT molecular complexity index is 392. The van der Waals surface area contributed by atoms with Crippen molar-refractivity contribution < 1.29 is 10.9 Å². The van der Waals surface area contributed by atoms with E-state index in [1.54, 1.807) is 0 Å². The first-order valence-corrected chi connectivity index (χ1v) is 5.80. The van der Waals surface area contributed by atoms with Crippen LogP contribution in [0.15, 0.2) is 6.20 Å². The molecule has 0 amide bonds. The number of hydrogen-bond donors (Lipinski definition) is 2. The summed E-state index contributed by atoms with van der Waals surface area (Å²) in [5.74, 6) is 0. The van der Waals surface area contributed by atoms with Gasteiger partial charge in [-0.25, -0.2) is 0 Å². The van der Waals surface area contributed by atoms with Gasteiger partial charge in [-0.3, -0.25) is 0 Å². The number of hydrogen-bond acceptors (Lipinski definition) is 3. The van der Waals surface area contributed by atoms with Gasteiger partial charge in [0.25, 0.3) is 0 Å². The lowest BCUT2D eigenvalue weighted by Crippen LogP contribution is -2.75. The van der Waals surface area contributed by atoms with Gasteiger partial charge in [0.05, 0.1) is 17.4 Å². The Morgan fingerprint density at radius 1 is 1.24 bits per heavy atom. The molecule has 0 saturated carbocycles. The zero-order valence-corrected chi connectivity index (χ0v) is 11.7. The van der Waals surface area contributed by atoms with Gasteiger partial charge in [-0.05, 0) is 29.7 Å². The van der Waals surface area contributed by atoms with E-state index in [4.69, 9.17) is 0 Å². The van der Waals surface area contributed by atoms with Crippen molar-refractivity contribution in [1.29, 1.82) is 0 Å². The van der Waals surface area contributed by atoms with Crippen molar-refractivity contribution in [3.8, 4) is 0 Å². The van der Waals surface area contributed by atoms with E-state index in [1.807, 2.05) is 0 Å². The molecule has 0 aliphatic rings. The Hall–Kier alpha value is -1.04. The van der Waals surface area contributed by atoms with E-state index in [0.29, 0.717) is 0 Å². The summed E-state index contributed by atoms with van der Waals surface area (Å²) in [5, 5.41) is 16.4. The minimum atomic E-state index is -0.264. The Morgan fingerprint density at radius 2 is 1.76 bits per heavy atom. The largest absolute Gasteiger partial charge is 0.411 e. The van der Waals surface area contributed by atoms with E-state index in [1.165, 1.54) is 6.20 Å². The fraction of sp³-hybridized carbons (Fsp3) is 0.818. The SMILES string of the molecule is CC(C)([B]C(C)(C)C(C)(C)[NH3+])c1cn(O)nn1. The topological polar surface area (TPSA) is 78.6 Å². The molecular weight excluding hydrogens is 215 g/mol. The molecule has 17 heavy (non-hydrogen) atoms. The molecule has 0 unspecified atom stereocenters. The first-order valence-electron chi connectivity index (χ1n) is 5.80. The summed E-state index contributed by atoms with van der Waals surface area (Å²) in [7, 11) is 2.22. The summed E-state index contributed by atoms with van der Waals surface area (Å²) in [6, 6.07) is 0. The van der Waals surface area contributed by atoms with Crippen molar-refractivity contribution in [3.63, 3.8) is 0 Å². The summed E-state index contributed by atoms with van der Waals surface area (Å²) in [6.07, 6.45) is 1.53. The van der Waals surface area contributed by atoms with E-state index in [2.05, 4.69) is 64.9 Å². The predicted molar refractivity (Wildman–Crippen MR) is 67.0 cm³/mol. The number of aromatic nitrogens is 3. The van der Waals surface area contributed by atoms with E-state index in [-0.39, 0.29) is 16.2 Å². The molecule has 0 aliphatic carbocycles. The van der Waals surface area contributed by atoms with Gasteiger partial charge in [-0.2, -0.15) is 0 Å². The highest BCUT2D eigenvalue weighted by atomic mass is 16.5. The van der Waals surface area contributed by atoms with Crippen LogP contribution in [0.3, 0.4) is 0 Å². The quantitative estimate of drug-likeness (QED) is 0.597. The summed E-state index contributed by atoms with van der Waals surface area (Å²) in [5.41, 5.74) is 4.87. The minimum absolute atomic E-state index is 0.0598. The summed E-state index contributed by atoms with van der Waals surface area (Å²) < 4.78 is 0. The van der Waals surface area contributed by atoms with Crippen LogP contribution in [0.4, 0.5) is 0 Å². The second-order valence-corrected chi connectivity index (χ2v) is 6.50. The van der Waals surface area contributed by atoms with Crippen LogP contribution in [-0.2, 0) is 5.31 Å². The van der Waals surface area contributed by atoms with Crippen LogP contribution >= 0.6 is 0 Å².